The molecule has 0 aliphatic carbocycles. The molecule has 1 radical (unpaired) electrons. The molecule has 1 fully saturated rings. The second kappa shape index (κ2) is 9.04. The zero-order valence-corrected chi connectivity index (χ0v) is 16.5. The van der Waals surface area contributed by atoms with Gasteiger partial charge in [0, 0.05) is 43.5 Å². The van der Waals surface area contributed by atoms with Gasteiger partial charge in [0.15, 0.2) is 0 Å². The average Bonchev–Trinajstić information content (AvgIpc) is 2.70. The van der Waals surface area contributed by atoms with E-state index in [-0.39, 0.29) is 0 Å². The van der Waals surface area contributed by atoms with E-state index < -0.39 is 0 Å². The number of hydrogen-bond donors (Lipinski definition) is 1. The number of piperidine rings is 1. The standard InChI is InChI=1S/C21H29N4O2/c1-15-18(19-8-11-23-21(24-19)25(2)3)13-17(14-20(15)26-4)27-12-9-16-7-5-6-10-22-16/h8,11,13-14,16,22H,1,5-7,9-10,12H2,2-4H3. The summed E-state index contributed by atoms with van der Waals surface area (Å²) in [6.45, 7) is 5.95. The first-order chi connectivity index (χ1) is 13.1. The van der Waals surface area contributed by atoms with E-state index in [1.54, 1.807) is 13.3 Å². The van der Waals surface area contributed by atoms with Crippen LogP contribution in [0.5, 0.6) is 11.5 Å². The van der Waals surface area contributed by atoms with Crippen molar-refractivity contribution in [3.05, 3.63) is 36.9 Å². The molecule has 0 bridgehead atoms. The lowest BCUT2D eigenvalue weighted by Crippen LogP contribution is -2.35. The molecule has 1 N–H and O–H groups in total. The van der Waals surface area contributed by atoms with Crippen LogP contribution in [0.1, 0.15) is 31.2 Å². The van der Waals surface area contributed by atoms with E-state index in [0.29, 0.717) is 24.3 Å². The highest BCUT2D eigenvalue weighted by Crippen LogP contribution is 2.34. The Morgan fingerprint density at radius 3 is 2.85 bits per heavy atom. The van der Waals surface area contributed by atoms with E-state index in [4.69, 9.17) is 9.47 Å². The maximum atomic E-state index is 6.04. The molecule has 0 saturated carbocycles. The fourth-order valence-corrected chi connectivity index (χ4v) is 3.32. The lowest BCUT2D eigenvalue weighted by molar-refractivity contribution is 0.267. The van der Waals surface area contributed by atoms with Gasteiger partial charge < -0.3 is 19.7 Å². The minimum atomic E-state index is 0.553. The molecule has 1 aromatic heterocycles. The second-order valence-corrected chi connectivity index (χ2v) is 7.07. The van der Waals surface area contributed by atoms with Crippen LogP contribution in [-0.4, -0.2) is 50.4 Å². The van der Waals surface area contributed by atoms with Gasteiger partial charge in [-0.05, 0) is 44.9 Å². The van der Waals surface area contributed by atoms with Crippen LogP contribution in [0.4, 0.5) is 5.95 Å². The Bertz CT molecular complexity index is 758. The molecular formula is C21H29N4O2. The van der Waals surface area contributed by atoms with E-state index in [1.807, 2.05) is 37.2 Å². The van der Waals surface area contributed by atoms with Gasteiger partial charge in [-0.1, -0.05) is 6.42 Å². The van der Waals surface area contributed by atoms with Gasteiger partial charge in [0.05, 0.1) is 19.4 Å². The molecule has 6 nitrogen and oxygen atoms in total. The Hall–Kier alpha value is -2.34. The molecule has 1 aliphatic heterocycles. The van der Waals surface area contributed by atoms with E-state index in [1.165, 1.54) is 19.3 Å². The van der Waals surface area contributed by atoms with Crippen molar-refractivity contribution in [2.24, 2.45) is 0 Å². The monoisotopic (exact) mass is 369 g/mol. The van der Waals surface area contributed by atoms with Gasteiger partial charge in [-0.3, -0.25) is 0 Å². The van der Waals surface area contributed by atoms with Gasteiger partial charge in [-0.2, -0.15) is 0 Å². The van der Waals surface area contributed by atoms with E-state index in [9.17, 15) is 0 Å². The topological polar surface area (TPSA) is 59.5 Å². The Labute approximate surface area is 161 Å². The first-order valence-corrected chi connectivity index (χ1v) is 9.49. The van der Waals surface area contributed by atoms with E-state index >= 15 is 0 Å². The Kier molecular flexibility index (Phi) is 6.50. The van der Waals surface area contributed by atoms with Gasteiger partial charge >= 0.3 is 0 Å². The highest BCUT2D eigenvalue weighted by Gasteiger charge is 2.15. The number of nitrogens with one attached hydrogen (secondary N) is 1. The summed E-state index contributed by atoms with van der Waals surface area (Å²) < 4.78 is 11.6. The molecule has 1 aliphatic rings. The van der Waals surface area contributed by atoms with Crippen LogP contribution in [-0.2, 0) is 0 Å². The minimum absolute atomic E-state index is 0.553. The van der Waals surface area contributed by atoms with Crippen LogP contribution in [0, 0.1) is 6.92 Å². The lowest BCUT2D eigenvalue weighted by Gasteiger charge is -2.23. The SMILES string of the molecule is [CH2]c1c(OC)cc(OCCC2CCCCN2)cc1-c1ccnc(N(C)C)n1. The number of methoxy groups -OCH3 is 1. The zero-order valence-electron chi connectivity index (χ0n) is 16.5. The van der Waals surface area contributed by atoms with Crippen molar-refractivity contribution in [2.45, 2.75) is 31.7 Å². The molecule has 1 saturated heterocycles. The molecule has 145 valence electrons. The van der Waals surface area contributed by atoms with E-state index in [0.717, 1.165) is 35.5 Å². The Morgan fingerprint density at radius 2 is 2.15 bits per heavy atom. The van der Waals surface area contributed by atoms with Crippen molar-refractivity contribution in [1.29, 1.82) is 0 Å². The number of hydrogen-bond acceptors (Lipinski definition) is 6. The van der Waals surface area contributed by atoms with Crippen LogP contribution in [0.2, 0.25) is 0 Å². The quantitative estimate of drug-likeness (QED) is 0.808. The summed E-state index contributed by atoms with van der Waals surface area (Å²) in [6.07, 6.45) is 6.56. The summed E-state index contributed by atoms with van der Waals surface area (Å²) in [6, 6.07) is 6.32. The van der Waals surface area contributed by atoms with Crippen molar-refractivity contribution < 1.29 is 9.47 Å². The van der Waals surface area contributed by atoms with Crippen LogP contribution >= 0.6 is 0 Å². The van der Waals surface area contributed by atoms with Crippen molar-refractivity contribution in [2.75, 3.05) is 39.3 Å². The lowest BCUT2D eigenvalue weighted by atomic mass is 10.0. The molecule has 1 aromatic carbocycles. The summed E-state index contributed by atoms with van der Waals surface area (Å²) in [5.41, 5.74) is 2.49. The maximum absolute atomic E-state index is 6.04. The third kappa shape index (κ3) is 4.89. The van der Waals surface area contributed by atoms with Crippen LogP contribution in [0.3, 0.4) is 0 Å². The molecular weight excluding hydrogens is 340 g/mol. The molecule has 0 amide bonds. The highest BCUT2D eigenvalue weighted by atomic mass is 16.5. The molecule has 3 rings (SSSR count). The van der Waals surface area contributed by atoms with Crippen molar-refractivity contribution in [3.63, 3.8) is 0 Å². The number of rotatable bonds is 7. The number of anilines is 1. The predicted molar refractivity (Wildman–Crippen MR) is 109 cm³/mol. The molecule has 2 heterocycles. The maximum Gasteiger partial charge on any atom is 0.225 e. The molecule has 27 heavy (non-hydrogen) atoms. The number of aromatic nitrogens is 2. The third-order valence-corrected chi connectivity index (χ3v) is 4.87. The normalized spacial score (nSPS) is 16.8. The summed E-state index contributed by atoms with van der Waals surface area (Å²) >= 11 is 0. The molecule has 6 heteroatoms. The minimum Gasteiger partial charge on any atom is -0.496 e. The summed E-state index contributed by atoms with van der Waals surface area (Å²) in [4.78, 5) is 10.8. The number of nitrogens with zero attached hydrogens (tertiary/aromatic N) is 3. The summed E-state index contributed by atoms with van der Waals surface area (Å²) in [5.74, 6) is 2.12. The van der Waals surface area contributed by atoms with Crippen molar-refractivity contribution in [3.8, 4) is 22.8 Å². The van der Waals surface area contributed by atoms with Gasteiger partial charge in [0.25, 0.3) is 0 Å². The fourth-order valence-electron chi connectivity index (χ4n) is 3.32. The first kappa shape index (κ1) is 19.4. The molecule has 1 unspecified atom stereocenters. The molecule has 1 atom stereocenters. The fraction of sp³-hybridized carbons (Fsp3) is 0.476. The van der Waals surface area contributed by atoms with Crippen LogP contribution in [0.25, 0.3) is 11.3 Å². The molecule has 2 aromatic rings. The van der Waals surface area contributed by atoms with Crippen LogP contribution < -0.4 is 19.7 Å². The van der Waals surface area contributed by atoms with Gasteiger partial charge in [0.2, 0.25) is 5.95 Å². The predicted octanol–water partition coefficient (Wildman–Crippen LogP) is 3.31. The summed E-state index contributed by atoms with van der Waals surface area (Å²) in [5, 5.41) is 3.55. The zero-order chi connectivity index (χ0) is 19.2. The largest absolute Gasteiger partial charge is 0.496 e. The summed E-state index contributed by atoms with van der Waals surface area (Å²) in [7, 11) is 5.49. The van der Waals surface area contributed by atoms with E-state index in [2.05, 4.69) is 22.2 Å². The Balaban J connectivity index is 1.79. The highest BCUT2D eigenvalue weighted by molar-refractivity contribution is 5.71. The van der Waals surface area contributed by atoms with Crippen molar-refractivity contribution >= 4 is 5.95 Å². The van der Waals surface area contributed by atoms with Crippen molar-refractivity contribution in [1.82, 2.24) is 15.3 Å². The second-order valence-electron chi connectivity index (χ2n) is 7.07. The Morgan fingerprint density at radius 1 is 1.30 bits per heavy atom. The van der Waals surface area contributed by atoms with Gasteiger partial charge in [0.1, 0.15) is 11.5 Å². The first-order valence-electron chi connectivity index (χ1n) is 9.49. The van der Waals surface area contributed by atoms with Gasteiger partial charge in [-0.25, -0.2) is 9.97 Å². The van der Waals surface area contributed by atoms with Gasteiger partial charge in [-0.15, -0.1) is 0 Å². The third-order valence-electron chi connectivity index (χ3n) is 4.87. The smallest absolute Gasteiger partial charge is 0.225 e. The number of ether oxygens (including phenoxy) is 2. The van der Waals surface area contributed by atoms with Crippen LogP contribution in [0.15, 0.2) is 24.4 Å². The molecule has 0 spiro atoms. The number of benzene rings is 1. The average molecular weight is 369 g/mol.